The van der Waals surface area contributed by atoms with Crippen LogP contribution in [0.2, 0.25) is 5.02 Å². The molecule has 106 valence electrons. The number of benzene rings is 2. The first kappa shape index (κ1) is 14.2. The van der Waals surface area contributed by atoms with Crippen molar-refractivity contribution in [2.45, 2.75) is 17.4 Å². The van der Waals surface area contributed by atoms with E-state index in [0.717, 1.165) is 5.56 Å². The summed E-state index contributed by atoms with van der Waals surface area (Å²) < 4.78 is 5.70. The van der Waals surface area contributed by atoms with Gasteiger partial charge in [0.1, 0.15) is 0 Å². The molecule has 0 aliphatic rings. The van der Waals surface area contributed by atoms with Crippen molar-refractivity contribution < 1.29 is 4.42 Å². The number of hydrogen-bond acceptors (Lipinski definition) is 4. The first-order valence-corrected chi connectivity index (χ1v) is 7.79. The van der Waals surface area contributed by atoms with Crippen LogP contribution in [-0.2, 0) is 0 Å². The minimum absolute atomic E-state index is 0.254. The van der Waals surface area contributed by atoms with Gasteiger partial charge in [-0.05, 0) is 36.8 Å². The van der Waals surface area contributed by atoms with E-state index in [0.29, 0.717) is 16.1 Å². The molecule has 1 atom stereocenters. The molecule has 0 radical (unpaired) electrons. The van der Waals surface area contributed by atoms with Gasteiger partial charge in [-0.1, -0.05) is 53.7 Å². The highest BCUT2D eigenvalue weighted by Gasteiger charge is 2.13. The second-order valence-corrected chi connectivity index (χ2v) is 6.28. The van der Waals surface area contributed by atoms with Crippen LogP contribution in [0, 0.1) is 0 Å². The van der Waals surface area contributed by atoms with Crippen molar-refractivity contribution in [2.75, 3.05) is 0 Å². The lowest BCUT2D eigenvalue weighted by molar-refractivity contribution is 0.465. The van der Waals surface area contributed by atoms with Crippen molar-refractivity contribution in [1.29, 1.82) is 0 Å². The first-order valence-electron chi connectivity index (χ1n) is 6.53. The highest BCUT2D eigenvalue weighted by molar-refractivity contribution is 7.99. The largest absolute Gasteiger partial charge is 0.411 e. The predicted octanol–water partition coefficient (Wildman–Crippen LogP) is 5.24. The van der Waals surface area contributed by atoms with Gasteiger partial charge in [-0.2, -0.15) is 0 Å². The maximum atomic E-state index is 5.87. The van der Waals surface area contributed by atoms with E-state index in [4.69, 9.17) is 16.0 Å². The fourth-order valence-electron chi connectivity index (χ4n) is 1.91. The van der Waals surface area contributed by atoms with Gasteiger partial charge in [0.25, 0.3) is 5.22 Å². The van der Waals surface area contributed by atoms with E-state index in [9.17, 15) is 0 Å². The summed E-state index contributed by atoms with van der Waals surface area (Å²) in [4.78, 5) is 0. The number of thioether (sulfide) groups is 1. The van der Waals surface area contributed by atoms with Crippen LogP contribution in [0.3, 0.4) is 0 Å². The molecule has 0 fully saturated rings. The zero-order chi connectivity index (χ0) is 14.7. The monoisotopic (exact) mass is 316 g/mol. The standard InChI is InChI=1S/C16H13ClN2OS/c1-11(12-5-3-2-4-6-12)21-16-19-18-15(20-16)13-7-9-14(17)10-8-13/h2-11H,1H3. The molecule has 0 aliphatic heterocycles. The summed E-state index contributed by atoms with van der Waals surface area (Å²) in [5.74, 6) is 0.509. The first-order chi connectivity index (χ1) is 10.2. The highest BCUT2D eigenvalue weighted by atomic mass is 35.5. The SMILES string of the molecule is CC(Sc1nnc(-c2ccc(Cl)cc2)o1)c1ccccc1. The summed E-state index contributed by atoms with van der Waals surface area (Å²) in [7, 11) is 0. The Hall–Kier alpha value is -1.78. The maximum absolute atomic E-state index is 5.87. The second-order valence-electron chi connectivity index (χ2n) is 4.55. The molecule has 21 heavy (non-hydrogen) atoms. The van der Waals surface area contributed by atoms with E-state index in [1.54, 1.807) is 23.9 Å². The van der Waals surface area contributed by atoms with Gasteiger partial charge in [0.2, 0.25) is 5.89 Å². The molecule has 2 aromatic carbocycles. The van der Waals surface area contributed by atoms with E-state index in [-0.39, 0.29) is 5.25 Å². The maximum Gasteiger partial charge on any atom is 0.277 e. The Morgan fingerprint density at radius 2 is 1.71 bits per heavy atom. The fraction of sp³-hybridized carbons (Fsp3) is 0.125. The molecule has 0 saturated carbocycles. The number of halogens is 1. The zero-order valence-corrected chi connectivity index (χ0v) is 12.9. The molecular formula is C16H13ClN2OS. The third-order valence-corrected chi connectivity index (χ3v) is 4.29. The smallest absolute Gasteiger partial charge is 0.277 e. The van der Waals surface area contributed by atoms with E-state index in [1.165, 1.54) is 5.56 Å². The van der Waals surface area contributed by atoms with Crippen LogP contribution in [0.5, 0.6) is 0 Å². The Kier molecular flexibility index (Phi) is 4.27. The Balaban J connectivity index is 1.75. The van der Waals surface area contributed by atoms with Crippen molar-refractivity contribution in [3.05, 3.63) is 65.2 Å². The van der Waals surface area contributed by atoms with Gasteiger partial charge in [-0.25, -0.2) is 0 Å². The lowest BCUT2D eigenvalue weighted by Gasteiger charge is -2.07. The van der Waals surface area contributed by atoms with Crippen molar-refractivity contribution in [2.24, 2.45) is 0 Å². The molecular weight excluding hydrogens is 304 g/mol. The molecule has 1 heterocycles. The van der Waals surface area contributed by atoms with Gasteiger partial charge in [-0.3, -0.25) is 0 Å². The van der Waals surface area contributed by atoms with E-state index >= 15 is 0 Å². The molecule has 1 aromatic heterocycles. The van der Waals surface area contributed by atoms with Crippen LogP contribution < -0.4 is 0 Å². The van der Waals surface area contributed by atoms with Crippen LogP contribution in [0.4, 0.5) is 0 Å². The summed E-state index contributed by atoms with van der Waals surface area (Å²) in [6.07, 6.45) is 0. The number of hydrogen-bond donors (Lipinski definition) is 0. The normalized spacial score (nSPS) is 12.3. The molecule has 0 spiro atoms. The number of rotatable bonds is 4. The summed E-state index contributed by atoms with van der Waals surface area (Å²) in [5.41, 5.74) is 2.10. The van der Waals surface area contributed by atoms with Crippen molar-refractivity contribution in [3.8, 4) is 11.5 Å². The Morgan fingerprint density at radius 1 is 1.00 bits per heavy atom. The van der Waals surface area contributed by atoms with Gasteiger partial charge >= 0.3 is 0 Å². The highest BCUT2D eigenvalue weighted by Crippen LogP contribution is 2.35. The van der Waals surface area contributed by atoms with Crippen molar-refractivity contribution in [1.82, 2.24) is 10.2 Å². The van der Waals surface area contributed by atoms with Crippen LogP contribution in [0.15, 0.2) is 64.2 Å². The molecule has 5 heteroatoms. The van der Waals surface area contributed by atoms with Gasteiger partial charge in [0.05, 0.1) is 0 Å². The van der Waals surface area contributed by atoms with Crippen LogP contribution >= 0.6 is 23.4 Å². The topological polar surface area (TPSA) is 38.9 Å². The lowest BCUT2D eigenvalue weighted by atomic mass is 10.2. The second kappa shape index (κ2) is 6.33. The van der Waals surface area contributed by atoms with Gasteiger partial charge in [0, 0.05) is 15.8 Å². The minimum atomic E-state index is 0.254. The molecule has 0 amide bonds. The molecule has 0 bridgehead atoms. The van der Waals surface area contributed by atoms with Crippen LogP contribution in [0.25, 0.3) is 11.5 Å². The van der Waals surface area contributed by atoms with Gasteiger partial charge in [-0.15, -0.1) is 10.2 Å². The lowest BCUT2D eigenvalue weighted by Crippen LogP contribution is -1.87. The Bertz CT molecular complexity index is 713. The predicted molar refractivity (Wildman–Crippen MR) is 85.5 cm³/mol. The third kappa shape index (κ3) is 3.46. The molecule has 3 nitrogen and oxygen atoms in total. The van der Waals surface area contributed by atoms with Crippen LogP contribution in [0.1, 0.15) is 17.7 Å². The molecule has 3 aromatic rings. The Morgan fingerprint density at radius 3 is 2.43 bits per heavy atom. The van der Waals surface area contributed by atoms with Crippen LogP contribution in [-0.4, -0.2) is 10.2 Å². The number of nitrogens with zero attached hydrogens (tertiary/aromatic N) is 2. The summed E-state index contributed by atoms with van der Waals surface area (Å²) in [5, 5.41) is 9.68. The van der Waals surface area contributed by atoms with Gasteiger partial charge in [0.15, 0.2) is 0 Å². The summed E-state index contributed by atoms with van der Waals surface area (Å²) in [6.45, 7) is 2.12. The third-order valence-electron chi connectivity index (χ3n) is 3.04. The fourth-order valence-corrected chi connectivity index (χ4v) is 2.85. The molecule has 1 unspecified atom stereocenters. The average Bonchev–Trinajstić information content (AvgIpc) is 2.97. The average molecular weight is 317 g/mol. The number of aromatic nitrogens is 2. The minimum Gasteiger partial charge on any atom is -0.411 e. The molecule has 3 rings (SSSR count). The summed E-state index contributed by atoms with van der Waals surface area (Å²) in [6, 6.07) is 17.6. The van der Waals surface area contributed by atoms with Crippen molar-refractivity contribution >= 4 is 23.4 Å². The molecule has 0 N–H and O–H groups in total. The molecule has 0 saturated heterocycles. The van der Waals surface area contributed by atoms with E-state index < -0.39 is 0 Å². The van der Waals surface area contributed by atoms with E-state index in [1.807, 2.05) is 30.3 Å². The van der Waals surface area contributed by atoms with E-state index in [2.05, 4.69) is 29.3 Å². The molecule has 0 aliphatic carbocycles. The quantitative estimate of drug-likeness (QED) is 0.617. The Labute approximate surface area is 132 Å². The zero-order valence-electron chi connectivity index (χ0n) is 11.4. The van der Waals surface area contributed by atoms with Gasteiger partial charge < -0.3 is 4.42 Å². The van der Waals surface area contributed by atoms with Crippen molar-refractivity contribution in [3.63, 3.8) is 0 Å². The summed E-state index contributed by atoms with van der Waals surface area (Å²) >= 11 is 7.42.